The predicted molar refractivity (Wildman–Crippen MR) is 125 cm³/mol. The number of alkyl halides is 3. The van der Waals surface area contributed by atoms with Gasteiger partial charge < -0.3 is 25.2 Å². The van der Waals surface area contributed by atoms with Crippen LogP contribution >= 0.6 is 35.6 Å². The molecule has 1 aliphatic rings. The fourth-order valence-electron chi connectivity index (χ4n) is 3.42. The van der Waals surface area contributed by atoms with Crippen LogP contribution in [0.1, 0.15) is 12.2 Å². The van der Waals surface area contributed by atoms with E-state index in [2.05, 4.69) is 14.9 Å². The van der Waals surface area contributed by atoms with Crippen LogP contribution in [0, 0.1) is 0 Å². The molecule has 0 aliphatic carbocycles. The molecule has 1 aromatic heterocycles. The molecule has 31 heavy (non-hydrogen) atoms. The van der Waals surface area contributed by atoms with Gasteiger partial charge in [-0.2, -0.15) is 13.2 Å². The molecule has 7 nitrogen and oxygen atoms in total. The molecule has 0 radical (unpaired) electrons. The SMILES string of the molecule is Cn1ccnc1C(O)(CCN=C(N)N1CCN(c2ccc(Cl)cc2)CC1)C(F)(F)F.I. The van der Waals surface area contributed by atoms with Crippen LogP contribution in [0.15, 0.2) is 41.7 Å². The number of aryl methyl sites for hydroxylation is 1. The summed E-state index contributed by atoms with van der Waals surface area (Å²) in [5.41, 5.74) is 3.94. The molecule has 3 N–H and O–H groups in total. The van der Waals surface area contributed by atoms with E-state index in [1.165, 1.54) is 19.4 Å². The molecule has 172 valence electrons. The van der Waals surface area contributed by atoms with E-state index in [4.69, 9.17) is 17.3 Å². The third-order valence-electron chi connectivity index (χ3n) is 5.20. The summed E-state index contributed by atoms with van der Waals surface area (Å²) in [4.78, 5) is 11.7. The number of nitrogens with two attached hydrogens (primary N) is 1. The molecule has 12 heteroatoms. The van der Waals surface area contributed by atoms with Gasteiger partial charge in [0.15, 0.2) is 5.96 Å². The molecule has 0 amide bonds. The number of hydrogen-bond acceptors (Lipinski definition) is 4. The van der Waals surface area contributed by atoms with E-state index in [0.717, 1.165) is 10.3 Å². The molecule has 2 heterocycles. The van der Waals surface area contributed by atoms with Crippen molar-refractivity contribution in [3.8, 4) is 0 Å². The van der Waals surface area contributed by atoms with Gasteiger partial charge in [-0.15, -0.1) is 24.0 Å². The fourth-order valence-corrected chi connectivity index (χ4v) is 3.55. The molecule has 1 fully saturated rings. The first-order valence-electron chi connectivity index (χ1n) is 9.44. The quantitative estimate of drug-likeness (QED) is 0.327. The highest BCUT2D eigenvalue weighted by molar-refractivity contribution is 14.0. The number of imidazole rings is 1. The van der Waals surface area contributed by atoms with Crippen molar-refractivity contribution < 1.29 is 18.3 Å². The van der Waals surface area contributed by atoms with Crippen LogP contribution in [0.4, 0.5) is 18.9 Å². The molecule has 1 unspecified atom stereocenters. The van der Waals surface area contributed by atoms with Crippen LogP contribution in [0.2, 0.25) is 5.02 Å². The highest BCUT2D eigenvalue weighted by atomic mass is 127. The van der Waals surface area contributed by atoms with E-state index in [9.17, 15) is 18.3 Å². The van der Waals surface area contributed by atoms with Gasteiger partial charge in [-0.05, 0) is 24.3 Å². The molecule has 0 spiro atoms. The number of aromatic nitrogens is 2. The van der Waals surface area contributed by atoms with Crippen molar-refractivity contribution >= 4 is 47.2 Å². The summed E-state index contributed by atoms with van der Waals surface area (Å²) in [5, 5.41) is 11.0. The Morgan fingerprint density at radius 1 is 1.19 bits per heavy atom. The number of anilines is 1. The Kier molecular flexibility index (Phi) is 8.45. The molecular weight excluding hydrogens is 548 g/mol. The van der Waals surface area contributed by atoms with Crippen LogP contribution in [0.3, 0.4) is 0 Å². The number of hydrogen-bond donors (Lipinski definition) is 2. The van der Waals surface area contributed by atoms with E-state index in [-0.39, 0.29) is 36.5 Å². The van der Waals surface area contributed by atoms with Gasteiger partial charge in [0, 0.05) is 69.3 Å². The smallest absolute Gasteiger partial charge is 0.374 e. The van der Waals surface area contributed by atoms with Crippen molar-refractivity contribution in [2.75, 3.05) is 37.6 Å². The lowest BCUT2D eigenvalue weighted by atomic mass is 9.98. The second-order valence-electron chi connectivity index (χ2n) is 7.16. The van der Waals surface area contributed by atoms with Crippen molar-refractivity contribution in [2.45, 2.75) is 18.2 Å². The van der Waals surface area contributed by atoms with Crippen LogP contribution in [-0.4, -0.2) is 64.4 Å². The highest BCUT2D eigenvalue weighted by Gasteiger charge is 2.57. The Bertz CT molecular complexity index is 884. The van der Waals surface area contributed by atoms with E-state index in [0.29, 0.717) is 31.2 Å². The molecule has 1 aromatic carbocycles. The fraction of sp³-hybridized carbons (Fsp3) is 0.474. The summed E-state index contributed by atoms with van der Waals surface area (Å²) in [6, 6.07) is 7.51. The second-order valence-corrected chi connectivity index (χ2v) is 7.60. The zero-order valence-electron chi connectivity index (χ0n) is 16.9. The topological polar surface area (TPSA) is 82.9 Å². The number of nitrogens with zero attached hydrogens (tertiary/aromatic N) is 5. The Morgan fingerprint density at radius 2 is 1.81 bits per heavy atom. The van der Waals surface area contributed by atoms with E-state index < -0.39 is 24.0 Å². The van der Waals surface area contributed by atoms with Crippen LogP contribution in [-0.2, 0) is 12.6 Å². The monoisotopic (exact) mass is 572 g/mol. The summed E-state index contributed by atoms with van der Waals surface area (Å²) in [6.45, 7) is 2.27. The minimum Gasteiger partial charge on any atom is -0.374 e. The molecule has 1 atom stereocenters. The van der Waals surface area contributed by atoms with Gasteiger partial charge in [-0.1, -0.05) is 11.6 Å². The molecule has 2 aromatic rings. The lowest BCUT2D eigenvalue weighted by Crippen LogP contribution is -2.51. The van der Waals surface area contributed by atoms with Crippen LogP contribution < -0.4 is 10.6 Å². The maximum atomic E-state index is 13.5. The molecule has 3 rings (SSSR count). The third-order valence-corrected chi connectivity index (χ3v) is 5.45. The van der Waals surface area contributed by atoms with Gasteiger partial charge in [0.25, 0.3) is 0 Å². The maximum absolute atomic E-state index is 13.5. The van der Waals surface area contributed by atoms with E-state index >= 15 is 0 Å². The average Bonchev–Trinajstić information content (AvgIpc) is 3.14. The van der Waals surface area contributed by atoms with E-state index in [1.807, 2.05) is 29.2 Å². The minimum absolute atomic E-state index is 0. The summed E-state index contributed by atoms with van der Waals surface area (Å²) in [5.74, 6) is -0.310. The summed E-state index contributed by atoms with van der Waals surface area (Å²) in [7, 11) is 1.40. The van der Waals surface area contributed by atoms with Crippen molar-refractivity contribution in [1.29, 1.82) is 0 Å². The van der Waals surface area contributed by atoms with Crippen molar-refractivity contribution in [3.63, 3.8) is 0 Å². The third kappa shape index (κ3) is 5.75. The second kappa shape index (κ2) is 10.3. The van der Waals surface area contributed by atoms with Crippen molar-refractivity contribution in [1.82, 2.24) is 14.5 Å². The zero-order chi connectivity index (χ0) is 21.9. The Morgan fingerprint density at radius 3 is 2.32 bits per heavy atom. The zero-order valence-corrected chi connectivity index (χ0v) is 20.0. The first-order chi connectivity index (χ1) is 14.1. The van der Waals surface area contributed by atoms with Crippen LogP contribution in [0.25, 0.3) is 0 Å². The van der Waals surface area contributed by atoms with Gasteiger partial charge in [0.1, 0.15) is 5.82 Å². The molecule has 0 bridgehead atoms. The number of rotatable bonds is 5. The van der Waals surface area contributed by atoms with Gasteiger partial charge >= 0.3 is 6.18 Å². The van der Waals surface area contributed by atoms with Gasteiger partial charge in [0.05, 0.1) is 0 Å². The Labute approximate surface area is 200 Å². The largest absolute Gasteiger partial charge is 0.424 e. The predicted octanol–water partition coefficient (Wildman–Crippen LogP) is 2.97. The van der Waals surface area contributed by atoms with Crippen LogP contribution in [0.5, 0.6) is 0 Å². The number of aliphatic imine (C=N–C) groups is 1. The molecule has 0 saturated carbocycles. The first-order valence-corrected chi connectivity index (χ1v) is 9.82. The van der Waals surface area contributed by atoms with Gasteiger partial charge in [0.2, 0.25) is 5.60 Å². The summed E-state index contributed by atoms with van der Waals surface area (Å²) < 4.78 is 41.8. The average molecular weight is 573 g/mol. The number of guanidine groups is 1. The van der Waals surface area contributed by atoms with Gasteiger partial charge in [-0.25, -0.2) is 4.98 Å². The maximum Gasteiger partial charge on any atom is 0.424 e. The Hall–Kier alpha value is -1.73. The number of piperazine rings is 1. The van der Waals surface area contributed by atoms with Crippen molar-refractivity contribution in [2.24, 2.45) is 17.8 Å². The Balaban J connectivity index is 0.00000341. The van der Waals surface area contributed by atoms with Crippen molar-refractivity contribution in [3.05, 3.63) is 47.5 Å². The molecule has 1 saturated heterocycles. The molecular formula is C19H25ClF3IN6O. The first kappa shape index (κ1) is 25.5. The van der Waals surface area contributed by atoms with E-state index in [1.54, 1.807) is 0 Å². The number of aliphatic hydroxyl groups is 1. The van der Waals surface area contributed by atoms with Gasteiger partial charge in [-0.3, -0.25) is 4.99 Å². The highest BCUT2D eigenvalue weighted by Crippen LogP contribution is 2.40. The standard InChI is InChI=1S/C19H24ClF3N6O.HI/c1-27-9-8-25-16(27)18(30,19(21,22)23)6-7-26-17(24)29-12-10-28(11-13-29)15-4-2-14(20)3-5-15;/h2-5,8-9,30H,6-7,10-13H2,1H3,(H2,24,26);1H. The summed E-state index contributed by atoms with van der Waals surface area (Å²) >= 11 is 5.91. The number of halogens is 5. The lowest BCUT2D eigenvalue weighted by molar-refractivity contribution is -0.272. The summed E-state index contributed by atoms with van der Waals surface area (Å²) in [6.07, 6.45) is -3.00. The normalized spacial score (nSPS) is 17.3. The minimum atomic E-state index is -4.89. The molecule has 1 aliphatic heterocycles. The lowest BCUT2D eigenvalue weighted by Gasteiger charge is -2.36. The number of benzene rings is 1.